The van der Waals surface area contributed by atoms with E-state index in [1.165, 1.54) is 12.1 Å². The van der Waals surface area contributed by atoms with Gasteiger partial charge in [0.15, 0.2) is 0 Å². The van der Waals surface area contributed by atoms with Crippen LogP contribution in [0.5, 0.6) is 0 Å². The molecule has 1 aliphatic heterocycles. The van der Waals surface area contributed by atoms with Gasteiger partial charge in [0.1, 0.15) is 5.82 Å². The van der Waals surface area contributed by atoms with E-state index in [1.807, 2.05) is 42.5 Å². The molecule has 0 aliphatic carbocycles. The number of halogens is 1. The summed E-state index contributed by atoms with van der Waals surface area (Å²) in [4.78, 5) is 15.0. The van der Waals surface area contributed by atoms with Gasteiger partial charge in [-0.25, -0.2) is 4.39 Å². The normalized spacial score (nSPS) is 16.0. The van der Waals surface area contributed by atoms with Crippen molar-refractivity contribution in [1.29, 1.82) is 0 Å². The van der Waals surface area contributed by atoms with Gasteiger partial charge >= 0.3 is 0 Å². The second-order valence-electron chi connectivity index (χ2n) is 6.99. The van der Waals surface area contributed by atoms with Gasteiger partial charge < -0.3 is 10.1 Å². The Morgan fingerprint density at radius 2 is 1.71 bits per heavy atom. The van der Waals surface area contributed by atoms with Crippen molar-refractivity contribution in [3.63, 3.8) is 0 Å². The maximum atomic E-state index is 13.4. The van der Waals surface area contributed by atoms with E-state index in [2.05, 4.69) is 10.2 Å². The van der Waals surface area contributed by atoms with Gasteiger partial charge in [-0.05, 0) is 40.6 Å². The molecule has 3 aromatic rings. The number of carbonyl (C=O) groups is 1. The SMILES string of the molecule is O=C(NC[C@H](c1ccc(F)cc1)N1CCOCC1)c1ccc2ccccc2c1. The van der Waals surface area contributed by atoms with Crippen molar-refractivity contribution in [1.82, 2.24) is 10.2 Å². The Kier molecular flexibility index (Phi) is 5.65. The van der Waals surface area contributed by atoms with Crippen LogP contribution in [0.3, 0.4) is 0 Å². The topological polar surface area (TPSA) is 41.6 Å². The molecule has 1 heterocycles. The Balaban J connectivity index is 1.50. The van der Waals surface area contributed by atoms with E-state index in [9.17, 15) is 9.18 Å². The van der Waals surface area contributed by atoms with Crippen LogP contribution in [0, 0.1) is 5.82 Å². The Labute approximate surface area is 163 Å². The minimum Gasteiger partial charge on any atom is -0.379 e. The highest BCUT2D eigenvalue weighted by Crippen LogP contribution is 2.22. The van der Waals surface area contributed by atoms with Gasteiger partial charge in [-0.3, -0.25) is 9.69 Å². The molecule has 3 aromatic carbocycles. The molecular formula is C23H23FN2O2. The van der Waals surface area contributed by atoms with Crippen LogP contribution in [0.15, 0.2) is 66.7 Å². The van der Waals surface area contributed by atoms with Crippen molar-refractivity contribution in [3.8, 4) is 0 Å². The van der Waals surface area contributed by atoms with E-state index in [-0.39, 0.29) is 17.8 Å². The van der Waals surface area contributed by atoms with Crippen LogP contribution < -0.4 is 5.32 Å². The van der Waals surface area contributed by atoms with Gasteiger partial charge in [-0.1, -0.05) is 42.5 Å². The summed E-state index contributed by atoms with van der Waals surface area (Å²) in [6.07, 6.45) is 0. The number of fused-ring (bicyclic) bond motifs is 1. The number of benzene rings is 3. The molecule has 1 fully saturated rings. The molecule has 1 atom stereocenters. The van der Waals surface area contributed by atoms with E-state index in [0.717, 1.165) is 29.4 Å². The molecule has 0 unspecified atom stereocenters. The number of amides is 1. The summed E-state index contributed by atoms with van der Waals surface area (Å²) < 4.78 is 18.8. The molecule has 0 saturated carbocycles. The highest BCUT2D eigenvalue weighted by Gasteiger charge is 2.23. The van der Waals surface area contributed by atoms with Crippen LogP contribution >= 0.6 is 0 Å². The molecule has 1 N–H and O–H groups in total. The molecule has 0 bridgehead atoms. The summed E-state index contributed by atoms with van der Waals surface area (Å²) >= 11 is 0. The summed E-state index contributed by atoms with van der Waals surface area (Å²) in [6, 6.07) is 20.2. The summed E-state index contributed by atoms with van der Waals surface area (Å²) in [7, 11) is 0. The molecule has 4 nitrogen and oxygen atoms in total. The molecule has 1 aliphatic rings. The van der Waals surface area contributed by atoms with Gasteiger partial charge in [-0.2, -0.15) is 0 Å². The third kappa shape index (κ3) is 4.21. The van der Waals surface area contributed by atoms with Crippen molar-refractivity contribution in [2.75, 3.05) is 32.8 Å². The number of hydrogen-bond acceptors (Lipinski definition) is 3. The molecule has 4 rings (SSSR count). The van der Waals surface area contributed by atoms with Crippen molar-refractivity contribution < 1.29 is 13.9 Å². The number of hydrogen-bond donors (Lipinski definition) is 1. The largest absolute Gasteiger partial charge is 0.379 e. The van der Waals surface area contributed by atoms with E-state index in [1.54, 1.807) is 12.1 Å². The molecule has 28 heavy (non-hydrogen) atoms. The second-order valence-corrected chi connectivity index (χ2v) is 6.99. The average molecular weight is 378 g/mol. The highest BCUT2D eigenvalue weighted by atomic mass is 19.1. The number of ether oxygens (including phenoxy) is 1. The third-order valence-corrected chi connectivity index (χ3v) is 5.21. The lowest BCUT2D eigenvalue weighted by atomic mass is 10.0. The van der Waals surface area contributed by atoms with Crippen molar-refractivity contribution in [2.24, 2.45) is 0 Å². The first-order valence-corrected chi connectivity index (χ1v) is 9.55. The lowest BCUT2D eigenvalue weighted by molar-refractivity contribution is 0.0162. The molecule has 0 aromatic heterocycles. The summed E-state index contributed by atoms with van der Waals surface area (Å²) in [5, 5.41) is 5.21. The summed E-state index contributed by atoms with van der Waals surface area (Å²) in [6.45, 7) is 3.35. The maximum absolute atomic E-state index is 13.4. The third-order valence-electron chi connectivity index (χ3n) is 5.21. The zero-order valence-electron chi connectivity index (χ0n) is 15.6. The monoisotopic (exact) mass is 378 g/mol. The molecule has 0 radical (unpaired) electrons. The van der Waals surface area contributed by atoms with Crippen LogP contribution in [0.4, 0.5) is 4.39 Å². The number of nitrogens with zero attached hydrogens (tertiary/aromatic N) is 1. The lowest BCUT2D eigenvalue weighted by Crippen LogP contribution is -2.43. The predicted octanol–water partition coefficient (Wildman–Crippen LogP) is 3.78. The summed E-state index contributed by atoms with van der Waals surface area (Å²) in [5.41, 5.74) is 1.63. The van der Waals surface area contributed by atoms with Gasteiger partial charge in [0.25, 0.3) is 5.91 Å². The van der Waals surface area contributed by atoms with Crippen LogP contribution in [-0.4, -0.2) is 43.7 Å². The second kappa shape index (κ2) is 8.50. The first kappa shape index (κ1) is 18.6. The van der Waals surface area contributed by atoms with Crippen LogP contribution in [0.1, 0.15) is 22.0 Å². The summed E-state index contributed by atoms with van der Waals surface area (Å²) in [5.74, 6) is -0.365. The van der Waals surface area contributed by atoms with E-state index in [0.29, 0.717) is 25.3 Å². The average Bonchev–Trinajstić information content (AvgIpc) is 2.75. The Hall–Kier alpha value is -2.76. The van der Waals surface area contributed by atoms with E-state index < -0.39 is 0 Å². The number of carbonyl (C=O) groups excluding carboxylic acids is 1. The molecular weight excluding hydrogens is 355 g/mol. The predicted molar refractivity (Wildman–Crippen MR) is 108 cm³/mol. The molecule has 0 spiro atoms. The lowest BCUT2D eigenvalue weighted by Gasteiger charge is -2.35. The fraction of sp³-hybridized carbons (Fsp3) is 0.261. The fourth-order valence-corrected chi connectivity index (χ4v) is 3.65. The maximum Gasteiger partial charge on any atom is 0.251 e. The number of rotatable bonds is 5. The van der Waals surface area contributed by atoms with Crippen molar-refractivity contribution in [3.05, 3.63) is 83.7 Å². The fourth-order valence-electron chi connectivity index (χ4n) is 3.65. The minimum atomic E-state index is -0.260. The quantitative estimate of drug-likeness (QED) is 0.735. The standard InChI is InChI=1S/C23H23FN2O2/c24-21-9-7-18(8-10-21)22(26-11-13-28-14-12-26)16-25-23(27)20-6-5-17-3-1-2-4-19(17)15-20/h1-10,15,22H,11-14,16H2,(H,25,27)/t22-/m1/s1. The Morgan fingerprint density at radius 3 is 2.46 bits per heavy atom. The van der Waals surface area contributed by atoms with Crippen molar-refractivity contribution in [2.45, 2.75) is 6.04 Å². The zero-order chi connectivity index (χ0) is 19.3. The number of nitrogens with one attached hydrogen (secondary N) is 1. The Morgan fingerprint density at radius 1 is 1.00 bits per heavy atom. The van der Waals surface area contributed by atoms with Gasteiger partial charge in [0.2, 0.25) is 0 Å². The first-order chi connectivity index (χ1) is 13.7. The molecule has 144 valence electrons. The molecule has 5 heteroatoms. The smallest absolute Gasteiger partial charge is 0.251 e. The van der Waals surface area contributed by atoms with Crippen LogP contribution in [0.25, 0.3) is 10.8 Å². The van der Waals surface area contributed by atoms with Crippen molar-refractivity contribution >= 4 is 16.7 Å². The molecule has 1 saturated heterocycles. The van der Waals surface area contributed by atoms with Gasteiger partial charge in [0.05, 0.1) is 19.3 Å². The highest BCUT2D eigenvalue weighted by molar-refractivity contribution is 5.98. The van der Waals surface area contributed by atoms with Crippen LogP contribution in [-0.2, 0) is 4.74 Å². The van der Waals surface area contributed by atoms with E-state index in [4.69, 9.17) is 4.74 Å². The zero-order valence-corrected chi connectivity index (χ0v) is 15.6. The van der Waals surface area contributed by atoms with Crippen LogP contribution in [0.2, 0.25) is 0 Å². The van der Waals surface area contributed by atoms with Gasteiger partial charge in [-0.15, -0.1) is 0 Å². The minimum absolute atomic E-state index is 0.0195. The molecule has 1 amide bonds. The van der Waals surface area contributed by atoms with Gasteiger partial charge in [0, 0.05) is 25.2 Å². The van der Waals surface area contributed by atoms with E-state index >= 15 is 0 Å². The Bertz CT molecular complexity index is 952. The first-order valence-electron chi connectivity index (χ1n) is 9.55. The number of morpholine rings is 1.